The lowest BCUT2D eigenvalue weighted by atomic mass is 9.98. The Balaban J connectivity index is 1.77. The molecular formula is C26H35N3O2. The average Bonchev–Trinajstić information content (AvgIpc) is 3.33. The third kappa shape index (κ3) is 6.33. The number of nitrogens with one attached hydrogen (secondary N) is 2. The van der Waals surface area contributed by atoms with Crippen LogP contribution < -0.4 is 15.5 Å². The van der Waals surface area contributed by atoms with Crippen molar-refractivity contribution in [1.29, 1.82) is 0 Å². The largest absolute Gasteiger partial charge is 0.371 e. The normalized spacial score (nSPS) is 14.3. The Labute approximate surface area is 186 Å². The zero-order valence-corrected chi connectivity index (χ0v) is 18.8. The minimum atomic E-state index is -0.111. The molecule has 2 amide bonds. The number of hydrogen-bond acceptors (Lipinski definition) is 3. The van der Waals surface area contributed by atoms with Crippen molar-refractivity contribution in [2.24, 2.45) is 5.92 Å². The molecule has 1 saturated heterocycles. The molecule has 0 spiro atoms. The van der Waals surface area contributed by atoms with E-state index in [-0.39, 0.29) is 17.7 Å². The quantitative estimate of drug-likeness (QED) is 0.542. The van der Waals surface area contributed by atoms with Crippen molar-refractivity contribution >= 4 is 23.2 Å². The predicted octanol–water partition coefficient (Wildman–Crippen LogP) is 5.37. The summed E-state index contributed by atoms with van der Waals surface area (Å²) in [6, 6.07) is 15.6. The number of benzene rings is 2. The number of anilines is 2. The van der Waals surface area contributed by atoms with Crippen molar-refractivity contribution < 1.29 is 9.59 Å². The third-order valence-corrected chi connectivity index (χ3v) is 6.02. The minimum Gasteiger partial charge on any atom is -0.371 e. The van der Waals surface area contributed by atoms with Gasteiger partial charge in [0.15, 0.2) is 0 Å². The number of unbranched alkanes of at least 4 members (excludes halogenated alkanes) is 1. The van der Waals surface area contributed by atoms with Crippen molar-refractivity contribution in [3.63, 3.8) is 0 Å². The van der Waals surface area contributed by atoms with Gasteiger partial charge in [0.1, 0.15) is 0 Å². The van der Waals surface area contributed by atoms with Crippen LogP contribution in [0.25, 0.3) is 0 Å². The Morgan fingerprint density at radius 3 is 2.45 bits per heavy atom. The van der Waals surface area contributed by atoms with Crippen molar-refractivity contribution in [2.45, 2.75) is 58.9 Å². The fourth-order valence-electron chi connectivity index (χ4n) is 4.12. The molecule has 1 atom stereocenters. The second-order valence-corrected chi connectivity index (χ2v) is 8.33. The average molecular weight is 422 g/mol. The van der Waals surface area contributed by atoms with E-state index in [9.17, 15) is 9.59 Å². The van der Waals surface area contributed by atoms with Gasteiger partial charge in [0.2, 0.25) is 5.91 Å². The highest BCUT2D eigenvalue weighted by molar-refractivity contribution is 6.02. The van der Waals surface area contributed by atoms with Gasteiger partial charge in [-0.2, -0.15) is 0 Å². The van der Waals surface area contributed by atoms with E-state index in [2.05, 4.69) is 29.4 Å². The summed E-state index contributed by atoms with van der Waals surface area (Å²) >= 11 is 0. The molecule has 0 saturated carbocycles. The highest BCUT2D eigenvalue weighted by Crippen LogP contribution is 2.28. The lowest BCUT2D eigenvalue weighted by Crippen LogP contribution is -2.28. The van der Waals surface area contributed by atoms with Crippen LogP contribution in [0.3, 0.4) is 0 Å². The molecule has 166 valence electrons. The van der Waals surface area contributed by atoms with Gasteiger partial charge in [-0.15, -0.1) is 0 Å². The molecule has 0 aromatic heterocycles. The number of carbonyl (C=O) groups excluding carboxylic acids is 2. The second-order valence-electron chi connectivity index (χ2n) is 8.33. The van der Waals surface area contributed by atoms with Crippen molar-refractivity contribution in [3.8, 4) is 0 Å². The summed E-state index contributed by atoms with van der Waals surface area (Å²) in [6.07, 6.45) is 6.13. The van der Waals surface area contributed by atoms with Gasteiger partial charge in [-0.25, -0.2) is 0 Å². The summed E-state index contributed by atoms with van der Waals surface area (Å²) in [7, 11) is 0. The number of amides is 2. The van der Waals surface area contributed by atoms with E-state index in [0.29, 0.717) is 17.8 Å². The highest BCUT2D eigenvalue weighted by Gasteiger charge is 2.21. The molecule has 0 bridgehead atoms. The van der Waals surface area contributed by atoms with Crippen LogP contribution in [0.1, 0.15) is 68.3 Å². The molecule has 0 radical (unpaired) electrons. The third-order valence-electron chi connectivity index (χ3n) is 6.02. The smallest absolute Gasteiger partial charge is 0.253 e. The number of nitrogens with zero attached hydrogens (tertiary/aromatic N) is 1. The van der Waals surface area contributed by atoms with Gasteiger partial charge in [0.25, 0.3) is 5.91 Å². The van der Waals surface area contributed by atoms with Crippen LogP contribution >= 0.6 is 0 Å². The van der Waals surface area contributed by atoms with Gasteiger partial charge in [-0.3, -0.25) is 9.59 Å². The molecule has 2 N–H and O–H groups in total. The number of carbonyl (C=O) groups is 2. The Morgan fingerprint density at radius 2 is 1.77 bits per heavy atom. The molecule has 0 aliphatic carbocycles. The van der Waals surface area contributed by atoms with E-state index in [1.165, 1.54) is 0 Å². The van der Waals surface area contributed by atoms with E-state index in [0.717, 1.165) is 62.9 Å². The van der Waals surface area contributed by atoms with Crippen LogP contribution in [0, 0.1) is 5.92 Å². The summed E-state index contributed by atoms with van der Waals surface area (Å²) in [5, 5.41) is 6.09. The monoisotopic (exact) mass is 421 g/mol. The Hall–Kier alpha value is -2.82. The molecule has 1 aliphatic heterocycles. The molecule has 1 aliphatic rings. The predicted molar refractivity (Wildman–Crippen MR) is 127 cm³/mol. The fraction of sp³-hybridized carbons (Fsp3) is 0.462. The molecule has 1 fully saturated rings. The van der Waals surface area contributed by atoms with E-state index in [1.54, 1.807) is 0 Å². The summed E-state index contributed by atoms with van der Waals surface area (Å²) in [6.45, 7) is 6.59. The fourth-order valence-corrected chi connectivity index (χ4v) is 4.12. The standard InChI is InChI=1S/C26H35N3O2/c1-3-5-13-21(4-2)25(30)28-22-14-15-24(29-16-9-10-17-29)23(18-22)26(31)27-19-20-11-7-6-8-12-20/h6-8,11-12,14-15,18,21H,3-5,9-10,13,16-17,19H2,1-2H3,(H,27,31)(H,28,30). The first-order valence-electron chi connectivity index (χ1n) is 11.6. The van der Waals surface area contributed by atoms with Gasteiger partial charge in [0, 0.05) is 36.9 Å². The Bertz CT molecular complexity index is 860. The van der Waals surface area contributed by atoms with Crippen molar-refractivity contribution in [1.82, 2.24) is 5.32 Å². The Kier molecular flexibility index (Phi) is 8.51. The zero-order valence-electron chi connectivity index (χ0n) is 18.8. The van der Waals surface area contributed by atoms with Crippen LogP contribution in [0.4, 0.5) is 11.4 Å². The molecular weight excluding hydrogens is 386 g/mol. The van der Waals surface area contributed by atoms with Gasteiger partial charge in [-0.05, 0) is 49.4 Å². The van der Waals surface area contributed by atoms with Gasteiger partial charge in [0.05, 0.1) is 5.56 Å². The first kappa shape index (κ1) is 22.9. The van der Waals surface area contributed by atoms with Crippen LogP contribution in [0.5, 0.6) is 0 Å². The highest BCUT2D eigenvalue weighted by atomic mass is 16.2. The summed E-state index contributed by atoms with van der Waals surface area (Å²) < 4.78 is 0. The molecule has 1 unspecified atom stereocenters. The zero-order chi connectivity index (χ0) is 22.1. The van der Waals surface area contributed by atoms with E-state index < -0.39 is 0 Å². The first-order valence-corrected chi connectivity index (χ1v) is 11.6. The minimum absolute atomic E-state index is 0.00793. The van der Waals surface area contributed by atoms with E-state index in [1.807, 2.05) is 48.5 Å². The number of hydrogen-bond donors (Lipinski definition) is 2. The van der Waals surface area contributed by atoms with Crippen molar-refractivity contribution in [2.75, 3.05) is 23.3 Å². The van der Waals surface area contributed by atoms with Crippen LogP contribution in [0.2, 0.25) is 0 Å². The molecule has 5 nitrogen and oxygen atoms in total. The lowest BCUT2D eigenvalue weighted by Gasteiger charge is -2.22. The van der Waals surface area contributed by atoms with Gasteiger partial charge in [-0.1, -0.05) is 57.0 Å². The van der Waals surface area contributed by atoms with Gasteiger partial charge < -0.3 is 15.5 Å². The molecule has 1 heterocycles. The summed E-state index contributed by atoms with van der Waals surface area (Å²) in [5.41, 5.74) is 3.31. The molecule has 2 aromatic rings. The van der Waals surface area contributed by atoms with E-state index in [4.69, 9.17) is 0 Å². The van der Waals surface area contributed by atoms with Gasteiger partial charge >= 0.3 is 0 Å². The number of rotatable bonds is 10. The lowest BCUT2D eigenvalue weighted by molar-refractivity contribution is -0.120. The summed E-state index contributed by atoms with van der Waals surface area (Å²) in [5.74, 6) is -0.0611. The molecule has 5 heteroatoms. The maximum absolute atomic E-state index is 13.1. The maximum atomic E-state index is 13.1. The molecule has 2 aromatic carbocycles. The maximum Gasteiger partial charge on any atom is 0.253 e. The van der Waals surface area contributed by atoms with E-state index >= 15 is 0 Å². The summed E-state index contributed by atoms with van der Waals surface area (Å²) in [4.78, 5) is 28.1. The SMILES string of the molecule is CCCCC(CC)C(=O)Nc1ccc(N2CCCC2)c(C(=O)NCc2ccccc2)c1. The van der Waals surface area contributed by atoms with Crippen LogP contribution in [-0.2, 0) is 11.3 Å². The Morgan fingerprint density at radius 1 is 1.03 bits per heavy atom. The first-order chi connectivity index (χ1) is 15.1. The van der Waals surface area contributed by atoms with Crippen LogP contribution in [0.15, 0.2) is 48.5 Å². The van der Waals surface area contributed by atoms with Crippen molar-refractivity contribution in [3.05, 3.63) is 59.7 Å². The molecule has 3 rings (SSSR count). The molecule has 31 heavy (non-hydrogen) atoms. The second kappa shape index (κ2) is 11.5. The topological polar surface area (TPSA) is 61.4 Å². The van der Waals surface area contributed by atoms with Crippen LogP contribution in [-0.4, -0.2) is 24.9 Å².